The van der Waals surface area contributed by atoms with Gasteiger partial charge in [-0.25, -0.2) is 4.39 Å². The van der Waals surface area contributed by atoms with Crippen LogP contribution in [0.15, 0.2) is 18.2 Å². The molecule has 0 saturated carbocycles. The lowest BCUT2D eigenvalue weighted by Crippen LogP contribution is -2.31. The van der Waals surface area contributed by atoms with Gasteiger partial charge in [0, 0.05) is 18.8 Å². The number of rotatable bonds is 3. The highest BCUT2D eigenvalue weighted by Crippen LogP contribution is 2.27. The zero-order valence-corrected chi connectivity index (χ0v) is 8.95. The summed E-state index contributed by atoms with van der Waals surface area (Å²) in [6, 6.07) is 4.71. The van der Waals surface area contributed by atoms with E-state index in [0.717, 1.165) is 30.6 Å². The second kappa shape index (κ2) is 4.51. The van der Waals surface area contributed by atoms with E-state index in [-0.39, 0.29) is 12.2 Å². The highest BCUT2D eigenvalue weighted by atomic mass is 19.1. The monoisotopic (exact) mass is 223 g/mol. The SMILES string of the molecule is O=C(O)CCN1CCCc2cc(F)ccc21. The molecule has 0 saturated heterocycles. The van der Waals surface area contributed by atoms with Gasteiger partial charge in [-0.15, -0.1) is 0 Å². The van der Waals surface area contributed by atoms with Gasteiger partial charge in [-0.2, -0.15) is 0 Å². The molecule has 0 fully saturated rings. The van der Waals surface area contributed by atoms with Crippen LogP contribution in [0.2, 0.25) is 0 Å². The molecule has 16 heavy (non-hydrogen) atoms. The molecule has 86 valence electrons. The second-order valence-corrected chi connectivity index (χ2v) is 4.01. The Bertz CT molecular complexity index is 406. The predicted molar refractivity (Wildman–Crippen MR) is 59.2 cm³/mol. The first-order valence-corrected chi connectivity index (χ1v) is 5.42. The van der Waals surface area contributed by atoms with Crippen LogP contribution in [-0.2, 0) is 11.2 Å². The number of hydrogen-bond acceptors (Lipinski definition) is 2. The third kappa shape index (κ3) is 2.32. The summed E-state index contributed by atoms with van der Waals surface area (Å²) >= 11 is 0. The molecule has 4 heteroatoms. The van der Waals surface area contributed by atoms with E-state index in [2.05, 4.69) is 0 Å². The number of anilines is 1. The Balaban J connectivity index is 2.16. The van der Waals surface area contributed by atoms with Crippen LogP contribution < -0.4 is 4.90 Å². The molecule has 0 bridgehead atoms. The number of hydrogen-bond donors (Lipinski definition) is 1. The molecule has 0 unspecified atom stereocenters. The first kappa shape index (κ1) is 10.9. The van der Waals surface area contributed by atoms with E-state index in [1.807, 2.05) is 4.90 Å². The Morgan fingerprint density at radius 2 is 2.31 bits per heavy atom. The Morgan fingerprint density at radius 3 is 3.06 bits per heavy atom. The van der Waals surface area contributed by atoms with Crippen LogP contribution in [0, 0.1) is 5.82 Å². The normalized spacial score (nSPS) is 14.7. The molecule has 0 radical (unpaired) electrons. The fraction of sp³-hybridized carbons (Fsp3) is 0.417. The summed E-state index contributed by atoms with van der Waals surface area (Å²) in [7, 11) is 0. The van der Waals surface area contributed by atoms with Crippen LogP contribution >= 0.6 is 0 Å². The minimum absolute atomic E-state index is 0.122. The smallest absolute Gasteiger partial charge is 0.305 e. The largest absolute Gasteiger partial charge is 0.481 e. The standard InChI is InChI=1S/C12H14FNO2/c13-10-3-4-11-9(8-10)2-1-6-14(11)7-5-12(15)16/h3-4,8H,1-2,5-7H2,(H,15,16). The van der Waals surface area contributed by atoms with E-state index in [9.17, 15) is 9.18 Å². The summed E-state index contributed by atoms with van der Waals surface area (Å²) < 4.78 is 13.0. The number of halogens is 1. The maximum absolute atomic E-state index is 13.0. The minimum Gasteiger partial charge on any atom is -0.481 e. The fourth-order valence-electron chi connectivity index (χ4n) is 2.11. The summed E-state index contributed by atoms with van der Waals surface area (Å²) in [6.45, 7) is 1.35. The molecule has 0 atom stereocenters. The van der Waals surface area contributed by atoms with Crippen LogP contribution in [0.25, 0.3) is 0 Å². The van der Waals surface area contributed by atoms with Crippen molar-refractivity contribution >= 4 is 11.7 Å². The number of carboxylic acids is 1. The Labute approximate surface area is 93.5 Å². The third-order valence-electron chi connectivity index (χ3n) is 2.85. The van der Waals surface area contributed by atoms with Gasteiger partial charge >= 0.3 is 5.97 Å². The minimum atomic E-state index is -0.797. The highest BCUT2D eigenvalue weighted by molar-refractivity contribution is 5.68. The van der Waals surface area contributed by atoms with Crippen molar-refractivity contribution in [3.8, 4) is 0 Å². The average Bonchev–Trinajstić information content (AvgIpc) is 2.25. The van der Waals surface area contributed by atoms with Crippen LogP contribution in [0.5, 0.6) is 0 Å². The van der Waals surface area contributed by atoms with Crippen molar-refractivity contribution < 1.29 is 14.3 Å². The van der Waals surface area contributed by atoms with E-state index in [0.29, 0.717) is 6.54 Å². The van der Waals surface area contributed by atoms with Gasteiger partial charge in [0.15, 0.2) is 0 Å². The summed E-state index contributed by atoms with van der Waals surface area (Å²) in [6.07, 6.45) is 1.95. The lowest BCUT2D eigenvalue weighted by molar-refractivity contribution is -0.136. The van der Waals surface area contributed by atoms with Gasteiger partial charge < -0.3 is 10.0 Å². The number of benzene rings is 1. The quantitative estimate of drug-likeness (QED) is 0.852. The number of aryl methyl sites for hydroxylation is 1. The van der Waals surface area contributed by atoms with E-state index in [1.165, 1.54) is 6.07 Å². The van der Waals surface area contributed by atoms with Gasteiger partial charge in [-0.05, 0) is 36.6 Å². The molecule has 1 aliphatic heterocycles. The molecule has 0 amide bonds. The number of fused-ring (bicyclic) bond motifs is 1. The summed E-state index contributed by atoms with van der Waals surface area (Å²) in [5, 5.41) is 8.65. The lowest BCUT2D eigenvalue weighted by atomic mass is 10.0. The van der Waals surface area contributed by atoms with Crippen LogP contribution in [0.1, 0.15) is 18.4 Å². The van der Waals surface area contributed by atoms with Crippen molar-refractivity contribution in [2.45, 2.75) is 19.3 Å². The molecule has 3 nitrogen and oxygen atoms in total. The molecule has 1 heterocycles. The maximum Gasteiger partial charge on any atom is 0.305 e. The van der Waals surface area contributed by atoms with Crippen LogP contribution in [0.4, 0.5) is 10.1 Å². The van der Waals surface area contributed by atoms with Crippen molar-refractivity contribution in [1.82, 2.24) is 0 Å². The van der Waals surface area contributed by atoms with Crippen LogP contribution in [-0.4, -0.2) is 24.2 Å². The molecule has 1 N–H and O–H groups in total. The van der Waals surface area contributed by atoms with Crippen LogP contribution in [0.3, 0.4) is 0 Å². The fourth-order valence-corrected chi connectivity index (χ4v) is 2.11. The van der Waals surface area contributed by atoms with Gasteiger partial charge in [0.25, 0.3) is 0 Å². The van der Waals surface area contributed by atoms with E-state index in [1.54, 1.807) is 12.1 Å². The lowest BCUT2D eigenvalue weighted by Gasteiger charge is -2.30. The van der Waals surface area contributed by atoms with Gasteiger partial charge in [0.1, 0.15) is 5.82 Å². The molecule has 0 spiro atoms. The number of carbonyl (C=O) groups is 1. The summed E-state index contributed by atoms with van der Waals surface area (Å²) in [5.74, 6) is -1.02. The predicted octanol–water partition coefficient (Wildman–Crippen LogP) is 2.05. The molecule has 1 aliphatic rings. The van der Waals surface area contributed by atoms with Crippen molar-refractivity contribution in [3.05, 3.63) is 29.6 Å². The summed E-state index contributed by atoms with van der Waals surface area (Å²) in [5.41, 5.74) is 1.96. The average molecular weight is 223 g/mol. The van der Waals surface area contributed by atoms with Crippen molar-refractivity contribution in [2.75, 3.05) is 18.0 Å². The highest BCUT2D eigenvalue weighted by Gasteiger charge is 2.17. The van der Waals surface area contributed by atoms with Gasteiger partial charge in [0.2, 0.25) is 0 Å². The van der Waals surface area contributed by atoms with E-state index < -0.39 is 5.97 Å². The number of aliphatic carboxylic acids is 1. The van der Waals surface area contributed by atoms with Crippen molar-refractivity contribution in [1.29, 1.82) is 0 Å². The van der Waals surface area contributed by atoms with Crippen molar-refractivity contribution in [2.24, 2.45) is 0 Å². The molecule has 0 aliphatic carbocycles. The molecular formula is C12H14FNO2. The zero-order valence-electron chi connectivity index (χ0n) is 8.95. The first-order chi connectivity index (χ1) is 7.66. The van der Waals surface area contributed by atoms with E-state index >= 15 is 0 Å². The Hall–Kier alpha value is -1.58. The third-order valence-corrected chi connectivity index (χ3v) is 2.85. The summed E-state index contributed by atoms with van der Waals surface area (Å²) in [4.78, 5) is 12.5. The number of carboxylic acid groups (broad SMARTS) is 1. The topological polar surface area (TPSA) is 40.5 Å². The Morgan fingerprint density at radius 1 is 1.50 bits per heavy atom. The van der Waals surface area contributed by atoms with Gasteiger partial charge in [-0.1, -0.05) is 0 Å². The number of nitrogens with zero attached hydrogens (tertiary/aromatic N) is 1. The van der Waals surface area contributed by atoms with Gasteiger partial charge in [-0.3, -0.25) is 4.79 Å². The zero-order chi connectivity index (χ0) is 11.5. The Kier molecular flexibility index (Phi) is 3.08. The molecule has 1 aromatic rings. The van der Waals surface area contributed by atoms with Gasteiger partial charge in [0.05, 0.1) is 6.42 Å². The maximum atomic E-state index is 13.0. The molecule has 2 rings (SSSR count). The second-order valence-electron chi connectivity index (χ2n) is 4.01. The molecular weight excluding hydrogens is 209 g/mol. The van der Waals surface area contributed by atoms with E-state index in [4.69, 9.17) is 5.11 Å². The van der Waals surface area contributed by atoms with Crippen molar-refractivity contribution in [3.63, 3.8) is 0 Å². The first-order valence-electron chi connectivity index (χ1n) is 5.42. The molecule has 1 aromatic carbocycles. The molecule has 0 aromatic heterocycles.